The number of carbonyl (C=O) groups is 1. The molecule has 0 radical (unpaired) electrons. The molecule has 16 heavy (non-hydrogen) atoms. The van der Waals surface area contributed by atoms with E-state index in [1.807, 2.05) is 0 Å². The summed E-state index contributed by atoms with van der Waals surface area (Å²) in [4.78, 5) is 15.6. The molecule has 0 amide bonds. The van der Waals surface area contributed by atoms with Gasteiger partial charge in [0.05, 0.1) is 7.11 Å². The molecule has 1 aliphatic carbocycles. The Balaban J connectivity index is 2.00. The van der Waals surface area contributed by atoms with Crippen LogP contribution in [-0.2, 0) is 9.53 Å². The molecule has 3 N–H and O–H groups in total. The molecule has 0 aromatic carbocycles. The summed E-state index contributed by atoms with van der Waals surface area (Å²) in [7, 11) is 1.37. The van der Waals surface area contributed by atoms with Crippen LogP contribution in [0.5, 0.6) is 0 Å². The standard InChI is InChI=1S/C9H14N4O2S/c1-15-7(14)9(10,6-2-3-6)4-16-8-11-5-12-13-8/h5-6H,2-4,10H2,1H3,(H,11,12,13). The summed E-state index contributed by atoms with van der Waals surface area (Å²) in [6, 6.07) is 0. The number of aromatic nitrogens is 3. The third-order valence-corrected chi connectivity index (χ3v) is 3.80. The lowest BCUT2D eigenvalue weighted by atomic mass is 9.97. The number of carbonyl (C=O) groups excluding carboxylic acids is 1. The molecule has 1 aromatic rings. The van der Waals surface area contributed by atoms with Crippen molar-refractivity contribution < 1.29 is 9.53 Å². The second kappa shape index (κ2) is 4.42. The molecule has 1 aliphatic rings. The van der Waals surface area contributed by atoms with Crippen molar-refractivity contribution in [3.63, 3.8) is 0 Å². The Hall–Kier alpha value is -1.08. The van der Waals surface area contributed by atoms with E-state index in [2.05, 4.69) is 15.2 Å². The van der Waals surface area contributed by atoms with Gasteiger partial charge in [-0.15, -0.1) is 0 Å². The van der Waals surface area contributed by atoms with E-state index in [-0.39, 0.29) is 11.9 Å². The fraction of sp³-hybridized carbons (Fsp3) is 0.667. The SMILES string of the molecule is COC(=O)C(N)(CSc1ncn[nH]1)C1CC1. The second-order valence-corrected chi connectivity index (χ2v) is 4.85. The fourth-order valence-electron chi connectivity index (χ4n) is 1.58. The van der Waals surface area contributed by atoms with Gasteiger partial charge in [-0.2, -0.15) is 5.10 Å². The zero-order valence-corrected chi connectivity index (χ0v) is 9.79. The normalized spacial score (nSPS) is 19.1. The van der Waals surface area contributed by atoms with Crippen LogP contribution in [0.4, 0.5) is 0 Å². The average Bonchev–Trinajstić information content (AvgIpc) is 3.03. The molecular formula is C9H14N4O2S. The number of ether oxygens (including phenoxy) is 1. The van der Waals surface area contributed by atoms with Crippen LogP contribution in [0.25, 0.3) is 0 Å². The molecule has 1 saturated carbocycles. The van der Waals surface area contributed by atoms with Crippen LogP contribution in [0, 0.1) is 5.92 Å². The van der Waals surface area contributed by atoms with Crippen molar-refractivity contribution in [2.45, 2.75) is 23.5 Å². The predicted octanol–water partition coefficient (Wildman–Crippen LogP) is 0.177. The molecule has 0 saturated heterocycles. The van der Waals surface area contributed by atoms with E-state index >= 15 is 0 Å². The van der Waals surface area contributed by atoms with Crippen LogP contribution in [0.15, 0.2) is 11.5 Å². The molecule has 1 atom stereocenters. The number of aromatic amines is 1. The Bertz CT molecular complexity index is 366. The van der Waals surface area contributed by atoms with Gasteiger partial charge in [-0.25, -0.2) is 4.98 Å². The third-order valence-electron chi connectivity index (χ3n) is 2.71. The first-order chi connectivity index (χ1) is 7.66. The lowest BCUT2D eigenvalue weighted by Crippen LogP contribution is -2.53. The number of rotatable bonds is 5. The van der Waals surface area contributed by atoms with E-state index < -0.39 is 5.54 Å². The minimum absolute atomic E-state index is 0.232. The van der Waals surface area contributed by atoms with Crippen molar-refractivity contribution in [3.8, 4) is 0 Å². The molecule has 1 unspecified atom stereocenters. The Morgan fingerprint density at radius 2 is 2.56 bits per heavy atom. The minimum Gasteiger partial charge on any atom is -0.468 e. The van der Waals surface area contributed by atoms with Crippen LogP contribution in [0.3, 0.4) is 0 Å². The molecule has 2 rings (SSSR count). The lowest BCUT2D eigenvalue weighted by Gasteiger charge is -2.25. The van der Waals surface area contributed by atoms with Gasteiger partial charge in [0.1, 0.15) is 11.9 Å². The van der Waals surface area contributed by atoms with E-state index in [0.717, 1.165) is 12.8 Å². The number of hydrogen-bond acceptors (Lipinski definition) is 6. The van der Waals surface area contributed by atoms with Gasteiger partial charge in [-0.05, 0) is 18.8 Å². The van der Waals surface area contributed by atoms with E-state index in [1.165, 1.54) is 25.2 Å². The Kier molecular flexibility index (Phi) is 3.15. The van der Waals surface area contributed by atoms with Crippen LogP contribution in [0.1, 0.15) is 12.8 Å². The molecule has 7 heteroatoms. The highest BCUT2D eigenvalue weighted by atomic mass is 32.2. The van der Waals surface area contributed by atoms with E-state index in [9.17, 15) is 4.79 Å². The van der Waals surface area contributed by atoms with E-state index in [0.29, 0.717) is 10.9 Å². The van der Waals surface area contributed by atoms with Gasteiger partial charge in [0.2, 0.25) is 0 Å². The molecule has 88 valence electrons. The molecular weight excluding hydrogens is 228 g/mol. The van der Waals surface area contributed by atoms with Crippen molar-refractivity contribution in [1.82, 2.24) is 15.2 Å². The number of methoxy groups -OCH3 is 1. The van der Waals surface area contributed by atoms with Gasteiger partial charge in [0.15, 0.2) is 5.16 Å². The quantitative estimate of drug-likeness (QED) is 0.565. The first-order valence-electron chi connectivity index (χ1n) is 5.02. The zero-order valence-electron chi connectivity index (χ0n) is 8.97. The van der Waals surface area contributed by atoms with Crippen molar-refractivity contribution in [2.24, 2.45) is 11.7 Å². The van der Waals surface area contributed by atoms with Crippen molar-refractivity contribution in [3.05, 3.63) is 6.33 Å². The lowest BCUT2D eigenvalue weighted by molar-refractivity contribution is -0.146. The van der Waals surface area contributed by atoms with Crippen LogP contribution in [-0.4, -0.2) is 39.6 Å². The summed E-state index contributed by atoms with van der Waals surface area (Å²) in [5.74, 6) is 0.344. The summed E-state index contributed by atoms with van der Waals surface area (Å²) < 4.78 is 4.76. The number of H-pyrrole nitrogens is 1. The van der Waals surface area contributed by atoms with E-state index in [4.69, 9.17) is 10.5 Å². The third kappa shape index (κ3) is 2.19. The number of nitrogens with one attached hydrogen (secondary N) is 1. The average molecular weight is 242 g/mol. The highest BCUT2D eigenvalue weighted by molar-refractivity contribution is 7.99. The summed E-state index contributed by atoms with van der Waals surface area (Å²) in [5.41, 5.74) is 5.22. The maximum Gasteiger partial charge on any atom is 0.327 e. The monoisotopic (exact) mass is 242 g/mol. The summed E-state index contributed by atoms with van der Waals surface area (Å²) >= 11 is 1.39. The highest BCUT2D eigenvalue weighted by Gasteiger charge is 2.49. The van der Waals surface area contributed by atoms with Gasteiger partial charge in [-0.1, -0.05) is 11.8 Å². The van der Waals surface area contributed by atoms with Crippen LogP contribution >= 0.6 is 11.8 Å². The zero-order chi connectivity index (χ0) is 11.6. The Morgan fingerprint density at radius 1 is 1.81 bits per heavy atom. The number of thioether (sulfide) groups is 1. The van der Waals surface area contributed by atoms with Gasteiger partial charge >= 0.3 is 5.97 Å². The summed E-state index contributed by atoms with van der Waals surface area (Å²) in [5, 5.41) is 7.12. The molecule has 0 spiro atoms. The first kappa shape index (κ1) is 11.4. The summed E-state index contributed by atoms with van der Waals surface area (Å²) in [6.45, 7) is 0. The molecule has 0 bridgehead atoms. The predicted molar refractivity (Wildman–Crippen MR) is 58.8 cm³/mol. The van der Waals surface area contributed by atoms with Crippen LogP contribution < -0.4 is 5.73 Å². The molecule has 1 fully saturated rings. The first-order valence-corrected chi connectivity index (χ1v) is 6.01. The smallest absolute Gasteiger partial charge is 0.327 e. The number of nitrogens with zero attached hydrogens (tertiary/aromatic N) is 2. The van der Waals surface area contributed by atoms with Gasteiger partial charge in [0.25, 0.3) is 0 Å². The topological polar surface area (TPSA) is 93.9 Å². The number of hydrogen-bond donors (Lipinski definition) is 2. The Morgan fingerprint density at radius 3 is 3.06 bits per heavy atom. The molecule has 1 heterocycles. The van der Waals surface area contributed by atoms with E-state index in [1.54, 1.807) is 0 Å². The molecule has 6 nitrogen and oxygen atoms in total. The van der Waals surface area contributed by atoms with Gasteiger partial charge in [0, 0.05) is 5.75 Å². The summed E-state index contributed by atoms with van der Waals surface area (Å²) in [6.07, 6.45) is 3.40. The number of nitrogens with two attached hydrogens (primary N) is 1. The highest BCUT2D eigenvalue weighted by Crippen LogP contribution is 2.41. The van der Waals surface area contributed by atoms with Crippen molar-refractivity contribution in [1.29, 1.82) is 0 Å². The van der Waals surface area contributed by atoms with Crippen LogP contribution in [0.2, 0.25) is 0 Å². The van der Waals surface area contributed by atoms with Gasteiger partial charge in [-0.3, -0.25) is 9.89 Å². The molecule has 0 aliphatic heterocycles. The van der Waals surface area contributed by atoms with Crippen molar-refractivity contribution in [2.75, 3.05) is 12.9 Å². The second-order valence-electron chi connectivity index (χ2n) is 3.89. The molecule has 1 aromatic heterocycles. The fourth-order valence-corrected chi connectivity index (χ4v) is 2.55. The minimum atomic E-state index is -0.897. The maximum absolute atomic E-state index is 11.7. The van der Waals surface area contributed by atoms with Gasteiger partial charge < -0.3 is 10.5 Å². The largest absolute Gasteiger partial charge is 0.468 e. The maximum atomic E-state index is 11.7. The Labute approximate surface area is 97.3 Å². The van der Waals surface area contributed by atoms with Crippen molar-refractivity contribution >= 4 is 17.7 Å². The number of esters is 1.